The van der Waals surface area contributed by atoms with E-state index < -0.39 is 5.60 Å². The van der Waals surface area contributed by atoms with Crippen LogP contribution in [0.15, 0.2) is 48.7 Å². The van der Waals surface area contributed by atoms with E-state index in [-0.39, 0.29) is 11.9 Å². The van der Waals surface area contributed by atoms with E-state index in [1.54, 1.807) is 29.3 Å². The topological polar surface area (TPSA) is 72.0 Å². The van der Waals surface area contributed by atoms with E-state index in [1.165, 1.54) is 0 Å². The van der Waals surface area contributed by atoms with Gasteiger partial charge in [0, 0.05) is 25.0 Å². The second-order valence-electron chi connectivity index (χ2n) is 8.61. The van der Waals surface area contributed by atoms with Crippen LogP contribution in [-0.2, 0) is 4.74 Å². The minimum atomic E-state index is -0.539. The first kappa shape index (κ1) is 20.9. The Morgan fingerprint density at radius 2 is 1.84 bits per heavy atom. The van der Waals surface area contributed by atoms with Crippen LogP contribution in [0.5, 0.6) is 5.75 Å². The molecule has 2 aromatic rings. The van der Waals surface area contributed by atoms with Crippen molar-refractivity contribution >= 4 is 23.4 Å². The molecule has 0 radical (unpaired) electrons. The quantitative estimate of drug-likeness (QED) is 0.552. The summed E-state index contributed by atoms with van der Waals surface area (Å²) >= 11 is 0. The van der Waals surface area contributed by atoms with E-state index in [1.807, 2.05) is 43.9 Å². The summed E-state index contributed by atoms with van der Waals surface area (Å²) in [6.07, 6.45) is 6.57. The first-order valence-electron chi connectivity index (χ1n) is 10.5. The number of aromatic nitrogens is 1. The second-order valence-corrected chi connectivity index (χ2v) is 8.61. The zero-order valence-electron chi connectivity index (χ0n) is 18.1. The lowest BCUT2D eigenvalue weighted by molar-refractivity contribution is 0.00694. The molecule has 0 aliphatic carbocycles. The molecule has 31 heavy (non-hydrogen) atoms. The Labute approximate surface area is 182 Å². The molecule has 7 nitrogen and oxygen atoms in total. The molecule has 0 fully saturated rings. The van der Waals surface area contributed by atoms with Gasteiger partial charge in [0.15, 0.2) is 11.6 Å². The van der Waals surface area contributed by atoms with Crippen LogP contribution in [-0.4, -0.2) is 53.6 Å². The van der Waals surface area contributed by atoms with Gasteiger partial charge in [-0.15, -0.1) is 0 Å². The molecule has 7 heteroatoms. The monoisotopic (exact) mass is 421 g/mol. The molecule has 1 aromatic heterocycles. The molecule has 0 spiro atoms. The van der Waals surface area contributed by atoms with Crippen LogP contribution in [0.1, 0.15) is 47.9 Å². The zero-order valence-corrected chi connectivity index (χ0v) is 18.1. The molecule has 2 aliphatic rings. The van der Waals surface area contributed by atoms with Crippen molar-refractivity contribution in [2.45, 2.75) is 32.8 Å². The number of anilines is 2. The van der Waals surface area contributed by atoms with Gasteiger partial charge in [0.05, 0.1) is 17.7 Å². The van der Waals surface area contributed by atoms with Crippen molar-refractivity contribution in [1.82, 2.24) is 9.88 Å². The molecule has 0 N–H and O–H groups in total. The third kappa shape index (κ3) is 4.71. The molecule has 1 amide bonds. The summed E-state index contributed by atoms with van der Waals surface area (Å²) in [5.41, 5.74) is 1.38. The number of pyridine rings is 1. The maximum Gasteiger partial charge on any atom is 0.338 e. The minimum Gasteiger partial charge on any atom is -0.488 e. The molecular weight excluding hydrogens is 394 g/mol. The Hall–Kier alpha value is -3.35. The highest BCUT2D eigenvalue weighted by molar-refractivity contribution is 5.95. The van der Waals surface area contributed by atoms with E-state index in [2.05, 4.69) is 11.1 Å². The summed E-state index contributed by atoms with van der Waals surface area (Å²) in [6.45, 7) is 7.96. The van der Waals surface area contributed by atoms with Crippen LogP contribution in [0.2, 0.25) is 0 Å². The van der Waals surface area contributed by atoms with Crippen LogP contribution < -0.4 is 9.64 Å². The van der Waals surface area contributed by atoms with Crippen molar-refractivity contribution in [2.75, 3.05) is 31.1 Å². The molecule has 3 heterocycles. The van der Waals surface area contributed by atoms with Crippen LogP contribution in [0, 0.1) is 0 Å². The molecule has 0 atom stereocenters. The Morgan fingerprint density at radius 1 is 1.06 bits per heavy atom. The molecule has 4 rings (SSSR count). The Morgan fingerprint density at radius 3 is 2.52 bits per heavy atom. The third-order valence-electron chi connectivity index (χ3n) is 5.07. The van der Waals surface area contributed by atoms with Crippen LogP contribution in [0.3, 0.4) is 0 Å². The average Bonchev–Trinajstić information content (AvgIpc) is 2.77. The summed E-state index contributed by atoms with van der Waals surface area (Å²) in [5, 5.41) is 0. The molecule has 2 aliphatic heterocycles. The van der Waals surface area contributed by atoms with Crippen molar-refractivity contribution in [2.24, 2.45) is 0 Å². The van der Waals surface area contributed by atoms with Crippen molar-refractivity contribution in [3.63, 3.8) is 0 Å². The SMILES string of the molecule is CC(C)(C)OC(=O)c1ccc(N2CCOc3cc(C(=O)N4CC=CCC4)cnc32)cc1. The summed E-state index contributed by atoms with van der Waals surface area (Å²) in [4.78, 5) is 33.4. The number of nitrogens with zero attached hydrogens (tertiary/aromatic N) is 3. The Bertz CT molecular complexity index is 1010. The van der Waals surface area contributed by atoms with E-state index in [9.17, 15) is 9.59 Å². The van der Waals surface area contributed by atoms with Gasteiger partial charge in [-0.25, -0.2) is 9.78 Å². The lowest BCUT2D eigenvalue weighted by atomic mass is 10.1. The smallest absolute Gasteiger partial charge is 0.338 e. The molecule has 0 saturated carbocycles. The number of amides is 1. The first-order valence-corrected chi connectivity index (χ1v) is 10.5. The van der Waals surface area contributed by atoms with E-state index in [0.29, 0.717) is 48.9 Å². The molecular formula is C24H27N3O4. The molecule has 1 aromatic carbocycles. The van der Waals surface area contributed by atoms with Crippen LogP contribution >= 0.6 is 0 Å². The van der Waals surface area contributed by atoms with Crippen molar-refractivity contribution in [3.05, 3.63) is 59.8 Å². The predicted octanol–water partition coefficient (Wildman–Crippen LogP) is 3.97. The summed E-state index contributed by atoms with van der Waals surface area (Å²) < 4.78 is 11.2. The van der Waals surface area contributed by atoms with Gasteiger partial charge in [-0.3, -0.25) is 4.79 Å². The van der Waals surface area contributed by atoms with Gasteiger partial charge in [-0.2, -0.15) is 0 Å². The van der Waals surface area contributed by atoms with Crippen molar-refractivity contribution in [1.29, 1.82) is 0 Å². The van der Waals surface area contributed by atoms with Gasteiger partial charge in [0.25, 0.3) is 5.91 Å². The van der Waals surface area contributed by atoms with Crippen LogP contribution in [0.25, 0.3) is 0 Å². The van der Waals surface area contributed by atoms with Crippen LogP contribution in [0.4, 0.5) is 11.5 Å². The lowest BCUT2D eigenvalue weighted by Crippen LogP contribution is -2.34. The number of benzene rings is 1. The molecule has 162 valence electrons. The largest absolute Gasteiger partial charge is 0.488 e. The standard InChI is InChI=1S/C24H27N3O4/c1-24(2,3)31-23(29)17-7-9-19(10-8-17)27-13-14-30-20-15-18(16-25-21(20)27)22(28)26-11-5-4-6-12-26/h4-5,7-10,15-16H,6,11-14H2,1-3H3. The number of hydrogen-bond donors (Lipinski definition) is 0. The van der Waals surface area contributed by atoms with Gasteiger partial charge in [-0.1, -0.05) is 12.2 Å². The second kappa shape index (κ2) is 8.41. The van der Waals surface area contributed by atoms with Gasteiger partial charge in [0.1, 0.15) is 12.2 Å². The van der Waals surface area contributed by atoms with Gasteiger partial charge < -0.3 is 19.3 Å². The zero-order chi connectivity index (χ0) is 22.0. The Balaban J connectivity index is 1.54. The number of fused-ring (bicyclic) bond motifs is 1. The van der Waals surface area contributed by atoms with E-state index in [0.717, 1.165) is 12.1 Å². The number of ether oxygens (including phenoxy) is 2. The normalized spacial score (nSPS) is 15.8. The minimum absolute atomic E-state index is 0.0397. The predicted molar refractivity (Wildman–Crippen MR) is 118 cm³/mol. The maximum atomic E-state index is 12.8. The van der Waals surface area contributed by atoms with E-state index in [4.69, 9.17) is 9.47 Å². The average molecular weight is 421 g/mol. The maximum absolute atomic E-state index is 12.8. The number of carbonyl (C=O) groups is 2. The highest BCUT2D eigenvalue weighted by Crippen LogP contribution is 2.35. The molecule has 0 bridgehead atoms. The highest BCUT2D eigenvalue weighted by atomic mass is 16.6. The number of rotatable bonds is 3. The van der Waals surface area contributed by atoms with Crippen molar-refractivity contribution < 1.29 is 19.1 Å². The number of carbonyl (C=O) groups excluding carboxylic acids is 2. The van der Waals surface area contributed by atoms with Crippen molar-refractivity contribution in [3.8, 4) is 5.75 Å². The third-order valence-corrected chi connectivity index (χ3v) is 5.07. The highest BCUT2D eigenvalue weighted by Gasteiger charge is 2.25. The fourth-order valence-corrected chi connectivity index (χ4v) is 3.59. The fourth-order valence-electron chi connectivity index (χ4n) is 3.59. The van der Waals surface area contributed by atoms with Gasteiger partial charge >= 0.3 is 5.97 Å². The van der Waals surface area contributed by atoms with Gasteiger partial charge in [-0.05, 0) is 57.5 Å². The summed E-state index contributed by atoms with van der Waals surface area (Å²) in [5.74, 6) is 0.851. The summed E-state index contributed by atoms with van der Waals surface area (Å²) in [6, 6.07) is 9.01. The Kier molecular flexibility index (Phi) is 5.67. The molecule has 0 unspecified atom stereocenters. The van der Waals surface area contributed by atoms with E-state index >= 15 is 0 Å². The lowest BCUT2D eigenvalue weighted by Gasteiger charge is -2.31. The van der Waals surface area contributed by atoms with Gasteiger partial charge in [0.2, 0.25) is 0 Å². The fraction of sp³-hybridized carbons (Fsp3) is 0.375. The number of esters is 1. The number of hydrogen-bond acceptors (Lipinski definition) is 6. The summed E-state index contributed by atoms with van der Waals surface area (Å²) in [7, 11) is 0. The first-order chi connectivity index (χ1) is 14.8. The molecule has 0 saturated heterocycles.